The zero-order valence-electron chi connectivity index (χ0n) is 13.5. The van der Waals surface area contributed by atoms with E-state index < -0.39 is 0 Å². The van der Waals surface area contributed by atoms with Crippen molar-refractivity contribution >= 4 is 11.7 Å². The van der Waals surface area contributed by atoms with Crippen molar-refractivity contribution in [1.29, 1.82) is 0 Å². The Morgan fingerprint density at radius 2 is 2.00 bits per heavy atom. The maximum absolute atomic E-state index is 12.5. The molecule has 2 rings (SSSR count). The standard InChI is InChI=1S/C17H27N3O/c1-4-16(21)20(15-10-6-7-11-18-15)17(2,3)14-19-12-8-5-9-13-19/h6-7,10-11H,4-5,8-9,12-14H2,1-3H3. The van der Waals surface area contributed by atoms with Crippen LogP contribution in [0, 0.1) is 0 Å². The number of carbonyl (C=O) groups excluding carboxylic acids is 1. The van der Waals surface area contributed by atoms with Gasteiger partial charge in [-0.2, -0.15) is 0 Å². The summed E-state index contributed by atoms with van der Waals surface area (Å²) >= 11 is 0. The van der Waals surface area contributed by atoms with Crippen LogP contribution in [-0.2, 0) is 4.79 Å². The smallest absolute Gasteiger partial charge is 0.228 e. The normalized spacial score (nSPS) is 16.7. The second-order valence-corrected chi connectivity index (χ2v) is 6.42. The Bertz CT molecular complexity index is 452. The van der Waals surface area contributed by atoms with Crippen LogP contribution in [0.2, 0.25) is 0 Å². The minimum Gasteiger partial charge on any atom is -0.301 e. The van der Waals surface area contributed by atoms with Crippen LogP contribution in [0.3, 0.4) is 0 Å². The highest BCUT2D eigenvalue weighted by atomic mass is 16.2. The fourth-order valence-electron chi connectivity index (χ4n) is 3.16. The number of hydrogen-bond donors (Lipinski definition) is 0. The molecule has 0 spiro atoms. The molecule has 21 heavy (non-hydrogen) atoms. The summed E-state index contributed by atoms with van der Waals surface area (Å²) < 4.78 is 0. The van der Waals surface area contributed by atoms with E-state index in [2.05, 4.69) is 23.7 Å². The van der Waals surface area contributed by atoms with Gasteiger partial charge >= 0.3 is 0 Å². The van der Waals surface area contributed by atoms with Crippen LogP contribution < -0.4 is 4.90 Å². The minimum absolute atomic E-state index is 0.135. The largest absolute Gasteiger partial charge is 0.301 e. The van der Waals surface area contributed by atoms with Crippen LogP contribution in [0.15, 0.2) is 24.4 Å². The lowest BCUT2D eigenvalue weighted by molar-refractivity contribution is -0.119. The van der Waals surface area contributed by atoms with E-state index in [0.717, 1.165) is 25.5 Å². The molecule has 0 atom stereocenters. The van der Waals surface area contributed by atoms with E-state index in [1.54, 1.807) is 6.20 Å². The van der Waals surface area contributed by atoms with Gasteiger partial charge in [-0.15, -0.1) is 0 Å². The summed E-state index contributed by atoms with van der Waals surface area (Å²) in [6.07, 6.45) is 6.11. The summed E-state index contributed by atoms with van der Waals surface area (Å²) in [7, 11) is 0. The van der Waals surface area contributed by atoms with Crippen LogP contribution in [0.5, 0.6) is 0 Å². The predicted molar refractivity (Wildman–Crippen MR) is 86.4 cm³/mol. The summed E-state index contributed by atoms with van der Waals surface area (Å²) in [6, 6.07) is 5.75. The lowest BCUT2D eigenvalue weighted by Gasteiger charge is -2.42. The minimum atomic E-state index is -0.251. The molecule has 1 aliphatic heterocycles. The van der Waals surface area contributed by atoms with Crippen molar-refractivity contribution < 1.29 is 4.79 Å². The number of hydrogen-bond acceptors (Lipinski definition) is 3. The van der Waals surface area contributed by atoms with Crippen molar-refractivity contribution in [3.8, 4) is 0 Å². The number of pyridine rings is 1. The van der Waals surface area contributed by atoms with Gasteiger partial charge < -0.3 is 4.90 Å². The number of anilines is 1. The molecule has 0 saturated carbocycles. The SMILES string of the molecule is CCC(=O)N(c1ccccn1)C(C)(C)CN1CCCCC1. The Morgan fingerprint density at radius 1 is 1.29 bits per heavy atom. The van der Waals surface area contributed by atoms with E-state index in [1.807, 2.05) is 30.0 Å². The van der Waals surface area contributed by atoms with Gasteiger partial charge in [0.2, 0.25) is 5.91 Å². The van der Waals surface area contributed by atoms with Gasteiger partial charge in [-0.3, -0.25) is 9.69 Å². The first-order chi connectivity index (χ1) is 10.0. The molecule has 116 valence electrons. The quantitative estimate of drug-likeness (QED) is 0.836. The third kappa shape index (κ3) is 4.03. The lowest BCUT2D eigenvalue weighted by atomic mass is 9.99. The van der Waals surface area contributed by atoms with E-state index >= 15 is 0 Å². The zero-order valence-corrected chi connectivity index (χ0v) is 13.5. The molecule has 1 aromatic heterocycles. The Hall–Kier alpha value is -1.42. The van der Waals surface area contributed by atoms with Crippen molar-refractivity contribution in [2.75, 3.05) is 24.5 Å². The second-order valence-electron chi connectivity index (χ2n) is 6.42. The lowest BCUT2D eigenvalue weighted by Crippen LogP contribution is -2.55. The third-order valence-electron chi connectivity index (χ3n) is 4.09. The summed E-state index contributed by atoms with van der Waals surface area (Å²) in [5.74, 6) is 0.891. The van der Waals surface area contributed by atoms with Crippen LogP contribution in [0.1, 0.15) is 46.5 Å². The van der Waals surface area contributed by atoms with E-state index in [-0.39, 0.29) is 11.4 Å². The number of piperidine rings is 1. The number of aromatic nitrogens is 1. The molecule has 4 heteroatoms. The maximum Gasteiger partial charge on any atom is 0.228 e. The molecule has 0 bridgehead atoms. The molecule has 1 aromatic rings. The number of carbonyl (C=O) groups is 1. The fraction of sp³-hybridized carbons (Fsp3) is 0.647. The van der Waals surface area contributed by atoms with E-state index in [9.17, 15) is 4.79 Å². The van der Waals surface area contributed by atoms with Crippen molar-refractivity contribution in [2.45, 2.75) is 52.0 Å². The second kappa shape index (κ2) is 7.03. The molecule has 4 nitrogen and oxygen atoms in total. The average Bonchev–Trinajstić information content (AvgIpc) is 2.48. The van der Waals surface area contributed by atoms with Crippen LogP contribution in [0.25, 0.3) is 0 Å². The van der Waals surface area contributed by atoms with Crippen molar-refractivity contribution in [3.05, 3.63) is 24.4 Å². The van der Waals surface area contributed by atoms with Crippen LogP contribution in [0.4, 0.5) is 5.82 Å². The molecule has 1 saturated heterocycles. The van der Waals surface area contributed by atoms with Gasteiger partial charge in [0.15, 0.2) is 0 Å². The Kier molecular flexibility index (Phi) is 5.34. The number of likely N-dealkylation sites (tertiary alicyclic amines) is 1. The van der Waals surface area contributed by atoms with Crippen molar-refractivity contribution in [2.24, 2.45) is 0 Å². The third-order valence-corrected chi connectivity index (χ3v) is 4.09. The Morgan fingerprint density at radius 3 is 2.57 bits per heavy atom. The summed E-state index contributed by atoms with van der Waals surface area (Å²) in [6.45, 7) is 9.37. The molecule has 0 unspecified atom stereocenters. The molecule has 0 aromatic carbocycles. The van der Waals surface area contributed by atoms with Gasteiger partial charge in [0.05, 0.1) is 5.54 Å². The first kappa shape index (κ1) is 16.0. The van der Waals surface area contributed by atoms with E-state index in [4.69, 9.17) is 0 Å². The fourth-order valence-corrected chi connectivity index (χ4v) is 3.16. The average molecular weight is 289 g/mol. The molecule has 1 amide bonds. The number of amides is 1. The Labute approximate surface area is 128 Å². The highest BCUT2D eigenvalue weighted by molar-refractivity contribution is 5.93. The molecular formula is C17H27N3O. The van der Waals surface area contributed by atoms with E-state index in [0.29, 0.717) is 6.42 Å². The highest BCUT2D eigenvalue weighted by Crippen LogP contribution is 2.25. The summed E-state index contributed by atoms with van der Waals surface area (Å²) in [4.78, 5) is 21.2. The van der Waals surface area contributed by atoms with Gasteiger partial charge in [-0.25, -0.2) is 4.98 Å². The number of rotatable bonds is 5. The molecule has 0 N–H and O–H groups in total. The zero-order chi connectivity index (χ0) is 15.3. The Balaban J connectivity index is 2.19. The first-order valence-electron chi connectivity index (χ1n) is 8.01. The first-order valence-corrected chi connectivity index (χ1v) is 8.01. The van der Waals surface area contributed by atoms with Gasteiger partial charge in [0.25, 0.3) is 0 Å². The number of nitrogens with zero attached hydrogens (tertiary/aromatic N) is 3. The molecule has 0 aliphatic carbocycles. The van der Waals surface area contributed by atoms with Gasteiger partial charge in [-0.1, -0.05) is 19.4 Å². The van der Waals surface area contributed by atoms with Crippen LogP contribution >= 0.6 is 0 Å². The van der Waals surface area contributed by atoms with E-state index in [1.165, 1.54) is 19.3 Å². The predicted octanol–water partition coefficient (Wildman–Crippen LogP) is 3.09. The molecule has 1 fully saturated rings. The van der Waals surface area contributed by atoms with Gasteiger partial charge in [0, 0.05) is 19.2 Å². The molecular weight excluding hydrogens is 262 g/mol. The highest BCUT2D eigenvalue weighted by Gasteiger charge is 2.34. The van der Waals surface area contributed by atoms with Crippen LogP contribution in [-0.4, -0.2) is 41.0 Å². The topological polar surface area (TPSA) is 36.4 Å². The summed E-state index contributed by atoms with van der Waals surface area (Å²) in [5, 5.41) is 0. The maximum atomic E-state index is 12.5. The van der Waals surface area contributed by atoms with Crippen molar-refractivity contribution in [1.82, 2.24) is 9.88 Å². The molecule has 2 heterocycles. The molecule has 0 radical (unpaired) electrons. The van der Waals surface area contributed by atoms with Gasteiger partial charge in [-0.05, 0) is 51.9 Å². The summed E-state index contributed by atoms with van der Waals surface area (Å²) in [5.41, 5.74) is -0.251. The monoisotopic (exact) mass is 289 g/mol. The van der Waals surface area contributed by atoms with Gasteiger partial charge in [0.1, 0.15) is 5.82 Å². The van der Waals surface area contributed by atoms with Crippen molar-refractivity contribution in [3.63, 3.8) is 0 Å². The molecule has 1 aliphatic rings.